The lowest BCUT2D eigenvalue weighted by molar-refractivity contribution is 0.00247. The predicted octanol–water partition coefficient (Wildman–Crippen LogP) is 1.98. The summed E-state index contributed by atoms with van der Waals surface area (Å²) in [6, 6.07) is -0.0194. The molecule has 1 aliphatic rings. The molecular weight excluding hydrogens is 216 g/mol. The van der Waals surface area contributed by atoms with Crippen molar-refractivity contribution in [2.75, 3.05) is 19.6 Å². The summed E-state index contributed by atoms with van der Waals surface area (Å²) in [7, 11) is 0. The van der Waals surface area contributed by atoms with Crippen LogP contribution in [-0.2, 0) is 0 Å². The highest BCUT2D eigenvalue weighted by Gasteiger charge is 2.35. The van der Waals surface area contributed by atoms with Crippen molar-refractivity contribution in [3.63, 3.8) is 0 Å². The van der Waals surface area contributed by atoms with Gasteiger partial charge in [0, 0.05) is 25.0 Å². The number of carbonyl (C=O) groups excluding carboxylic acids is 1. The first-order chi connectivity index (χ1) is 8.03. The zero-order chi connectivity index (χ0) is 12.9. The average Bonchev–Trinajstić information content (AvgIpc) is 2.32. The Labute approximate surface area is 104 Å². The van der Waals surface area contributed by atoms with Crippen molar-refractivity contribution in [1.82, 2.24) is 10.2 Å². The molecule has 1 aliphatic carbocycles. The number of aliphatic hydroxyl groups excluding tert-OH is 1. The average molecular weight is 242 g/mol. The largest absolute Gasteiger partial charge is 0.392 e. The summed E-state index contributed by atoms with van der Waals surface area (Å²) in [6.45, 7) is 8.03. The van der Waals surface area contributed by atoms with Crippen LogP contribution in [0.15, 0.2) is 0 Å². The fourth-order valence-corrected chi connectivity index (χ4v) is 2.49. The van der Waals surface area contributed by atoms with E-state index in [-0.39, 0.29) is 17.6 Å². The molecule has 4 heteroatoms. The molecule has 0 radical (unpaired) electrons. The molecule has 0 aromatic carbocycles. The smallest absolute Gasteiger partial charge is 0.317 e. The molecule has 1 rings (SSSR count). The van der Waals surface area contributed by atoms with Crippen molar-refractivity contribution < 1.29 is 9.90 Å². The van der Waals surface area contributed by atoms with Crippen LogP contribution in [-0.4, -0.2) is 41.8 Å². The number of carbonyl (C=O) groups is 1. The fourth-order valence-electron chi connectivity index (χ4n) is 2.49. The third-order valence-corrected chi connectivity index (χ3v) is 3.97. The third-order valence-electron chi connectivity index (χ3n) is 3.97. The number of hydrogen-bond donors (Lipinski definition) is 2. The predicted molar refractivity (Wildman–Crippen MR) is 68.9 cm³/mol. The molecule has 2 atom stereocenters. The fraction of sp³-hybridized carbons (Fsp3) is 0.923. The summed E-state index contributed by atoms with van der Waals surface area (Å²) >= 11 is 0. The van der Waals surface area contributed by atoms with Crippen LogP contribution in [0.1, 0.15) is 46.5 Å². The van der Waals surface area contributed by atoms with Crippen LogP contribution < -0.4 is 5.32 Å². The molecule has 1 saturated carbocycles. The van der Waals surface area contributed by atoms with Crippen LogP contribution in [0, 0.1) is 5.41 Å². The van der Waals surface area contributed by atoms with Gasteiger partial charge in [-0.3, -0.25) is 0 Å². The molecule has 0 aliphatic heterocycles. The Kier molecular flexibility index (Phi) is 5.25. The second-order valence-corrected chi connectivity index (χ2v) is 5.25. The van der Waals surface area contributed by atoms with Crippen molar-refractivity contribution in [1.29, 1.82) is 0 Å². The van der Waals surface area contributed by atoms with Crippen LogP contribution in [0.2, 0.25) is 0 Å². The van der Waals surface area contributed by atoms with Crippen molar-refractivity contribution in [2.45, 2.75) is 52.6 Å². The van der Waals surface area contributed by atoms with Crippen LogP contribution in [0.3, 0.4) is 0 Å². The van der Waals surface area contributed by atoms with E-state index in [1.165, 1.54) is 0 Å². The third kappa shape index (κ3) is 3.60. The standard InChI is InChI=1S/C13H26N2O2/c1-4-15(5-2)12(17)14-10-13(3)9-7-6-8-11(13)16/h11,16H,4-10H2,1-3H3,(H,14,17). The number of hydrogen-bond acceptors (Lipinski definition) is 2. The second kappa shape index (κ2) is 6.24. The lowest BCUT2D eigenvalue weighted by Gasteiger charge is -2.39. The molecule has 100 valence electrons. The molecule has 2 N–H and O–H groups in total. The van der Waals surface area contributed by atoms with Gasteiger partial charge in [0.05, 0.1) is 6.10 Å². The molecule has 0 aromatic rings. The zero-order valence-electron chi connectivity index (χ0n) is 11.3. The molecule has 4 nitrogen and oxygen atoms in total. The zero-order valence-corrected chi connectivity index (χ0v) is 11.3. The summed E-state index contributed by atoms with van der Waals surface area (Å²) in [5.74, 6) is 0. The number of urea groups is 1. The summed E-state index contributed by atoms with van der Waals surface area (Å²) in [4.78, 5) is 13.6. The SMILES string of the molecule is CCN(CC)C(=O)NCC1(C)CCCCC1O. The molecule has 2 amide bonds. The van der Waals surface area contributed by atoms with Gasteiger partial charge < -0.3 is 15.3 Å². The molecule has 0 heterocycles. The van der Waals surface area contributed by atoms with E-state index in [0.717, 1.165) is 38.8 Å². The summed E-state index contributed by atoms with van der Waals surface area (Å²) in [5, 5.41) is 13.0. The maximum atomic E-state index is 11.8. The van der Waals surface area contributed by atoms with Crippen molar-refractivity contribution in [3.8, 4) is 0 Å². The van der Waals surface area contributed by atoms with Gasteiger partial charge in [-0.1, -0.05) is 19.8 Å². The normalized spacial score (nSPS) is 28.8. The minimum Gasteiger partial charge on any atom is -0.392 e. The van der Waals surface area contributed by atoms with E-state index >= 15 is 0 Å². The quantitative estimate of drug-likeness (QED) is 0.792. The Bertz CT molecular complexity index is 254. The van der Waals surface area contributed by atoms with Gasteiger partial charge in [-0.05, 0) is 26.7 Å². The summed E-state index contributed by atoms with van der Waals surface area (Å²) in [6.07, 6.45) is 3.81. The molecule has 0 saturated heterocycles. The van der Waals surface area contributed by atoms with Crippen molar-refractivity contribution in [2.24, 2.45) is 5.41 Å². The van der Waals surface area contributed by atoms with Gasteiger partial charge in [-0.25, -0.2) is 4.79 Å². The lowest BCUT2D eigenvalue weighted by atomic mass is 9.73. The van der Waals surface area contributed by atoms with Gasteiger partial charge >= 0.3 is 6.03 Å². The second-order valence-electron chi connectivity index (χ2n) is 5.25. The van der Waals surface area contributed by atoms with Crippen LogP contribution >= 0.6 is 0 Å². The van der Waals surface area contributed by atoms with E-state index in [0.29, 0.717) is 6.54 Å². The van der Waals surface area contributed by atoms with Crippen LogP contribution in [0.25, 0.3) is 0 Å². The Balaban J connectivity index is 2.45. The molecule has 1 fully saturated rings. The summed E-state index contributed by atoms with van der Waals surface area (Å²) < 4.78 is 0. The maximum Gasteiger partial charge on any atom is 0.317 e. The van der Waals surface area contributed by atoms with Gasteiger partial charge in [0.25, 0.3) is 0 Å². The Morgan fingerprint density at radius 2 is 2.06 bits per heavy atom. The van der Waals surface area contributed by atoms with E-state index in [9.17, 15) is 9.90 Å². The van der Waals surface area contributed by atoms with E-state index in [2.05, 4.69) is 12.2 Å². The highest BCUT2D eigenvalue weighted by Crippen LogP contribution is 2.35. The highest BCUT2D eigenvalue weighted by atomic mass is 16.3. The molecule has 0 spiro atoms. The Hall–Kier alpha value is -0.770. The Morgan fingerprint density at radius 3 is 2.59 bits per heavy atom. The van der Waals surface area contributed by atoms with Crippen molar-refractivity contribution in [3.05, 3.63) is 0 Å². The monoisotopic (exact) mass is 242 g/mol. The van der Waals surface area contributed by atoms with Crippen LogP contribution in [0.4, 0.5) is 4.79 Å². The lowest BCUT2D eigenvalue weighted by Crippen LogP contribution is -2.48. The first-order valence-electron chi connectivity index (χ1n) is 6.74. The van der Waals surface area contributed by atoms with Gasteiger partial charge in [0.1, 0.15) is 0 Å². The van der Waals surface area contributed by atoms with Gasteiger partial charge in [-0.2, -0.15) is 0 Å². The number of rotatable bonds is 4. The minimum atomic E-state index is -0.284. The van der Waals surface area contributed by atoms with Gasteiger partial charge in [0.2, 0.25) is 0 Å². The first kappa shape index (κ1) is 14.3. The molecule has 0 aromatic heterocycles. The number of amides is 2. The van der Waals surface area contributed by atoms with Crippen LogP contribution in [0.5, 0.6) is 0 Å². The maximum absolute atomic E-state index is 11.8. The topological polar surface area (TPSA) is 52.6 Å². The van der Waals surface area contributed by atoms with Crippen molar-refractivity contribution >= 4 is 6.03 Å². The number of aliphatic hydroxyl groups is 1. The molecule has 0 bridgehead atoms. The van der Waals surface area contributed by atoms with Gasteiger partial charge in [-0.15, -0.1) is 0 Å². The van der Waals surface area contributed by atoms with E-state index in [4.69, 9.17) is 0 Å². The minimum absolute atomic E-state index is 0.0194. The molecular formula is C13H26N2O2. The van der Waals surface area contributed by atoms with E-state index in [1.807, 2.05) is 13.8 Å². The first-order valence-corrected chi connectivity index (χ1v) is 6.74. The molecule has 17 heavy (non-hydrogen) atoms. The highest BCUT2D eigenvalue weighted by molar-refractivity contribution is 5.74. The van der Waals surface area contributed by atoms with E-state index < -0.39 is 0 Å². The Morgan fingerprint density at radius 1 is 1.41 bits per heavy atom. The van der Waals surface area contributed by atoms with Gasteiger partial charge in [0.15, 0.2) is 0 Å². The summed E-state index contributed by atoms with van der Waals surface area (Å²) in [5.41, 5.74) is -0.152. The van der Waals surface area contributed by atoms with E-state index in [1.54, 1.807) is 4.90 Å². The number of nitrogens with zero attached hydrogens (tertiary/aromatic N) is 1. The molecule has 2 unspecified atom stereocenters. The number of nitrogens with one attached hydrogen (secondary N) is 1.